The Morgan fingerprint density at radius 1 is 1.38 bits per heavy atom. The Morgan fingerprint density at radius 2 is 2.10 bits per heavy atom. The Balaban J connectivity index is 2.01. The smallest absolute Gasteiger partial charge is 0.329 e. The molecule has 1 heterocycles. The summed E-state index contributed by atoms with van der Waals surface area (Å²) in [6.07, 6.45) is 1.00. The molecule has 21 heavy (non-hydrogen) atoms. The molecule has 1 aliphatic rings. The van der Waals surface area contributed by atoms with Crippen molar-refractivity contribution in [1.29, 1.82) is 0 Å². The monoisotopic (exact) mass is 298 g/mol. The average molecular weight is 298 g/mol. The lowest BCUT2D eigenvalue weighted by molar-refractivity contribution is -0.147. The summed E-state index contributed by atoms with van der Waals surface area (Å²) < 4.78 is 25.9. The van der Waals surface area contributed by atoms with Gasteiger partial charge in [0.1, 0.15) is 5.54 Å². The van der Waals surface area contributed by atoms with Gasteiger partial charge in [-0.25, -0.2) is 18.4 Å². The maximum Gasteiger partial charge on any atom is 0.329 e. The molecule has 0 radical (unpaired) electrons. The van der Waals surface area contributed by atoms with Crippen molar-refractivity contribution in [3.63, 3.8) is 0 Å². The summed E-state index contributed by atoms with van der Waals surface area (Å²) in [5, 5.41) is 11.8. The highest BCUT2D eigenvalue weighted by Crippen LogP contribution is 2.29. The number of hydrogen-bond acceptors (Lipinski definition) is 2. The van der Waals surface area contributed by atoms with Crippen molar-refractivity contribution in [2.75, 3.05) is 6.54 Å². The van der Waals surface area contributed by atoms with E-state index in [4.69, 9.17) is 0 Å². The second-order valence-electron chi connectivity index (χ2n) is 5.24. The lowest BCUT2D eigenvalue weighted by Crippen LogP contribution is -2.53. The van der Waals surface area contributed by atoms with Gasteiger partial charge in [-0.15, -0.1) is 0 Å². The molecule has 1 atom stereocenters. The van der Waals surface area contributed by atoms with Gasteiger partial charge in [0.2, 0.25) is 0 Å². The van der Waals surface area contributed by atoms with Crippen LogP contribution < -0.4 is 5.32 Å². The molecule has 2 N–H and O–H groups in total. The van der Waals surface area contributed by atoms with Crippen molar-refractivity contribution in [3.8, 4) is 0 Å². The molecule has 1 aromatic rings. The van der Waals surface area contributed by atoms with Crippen molar-refractivity contribution < 1.29 is 23.5 Å². The molecule has 5 nitrogen and oxygen atoms in total. The molecule has 2 amide bonds. The van der Waals surface area contributed by atoms with Crippen LogP contribution in [0.5, 0.6) is 0 Å². The number of carbonyl (C=O) groups excluding carboxylic acids is 1. The zero-order valence-corrected chi connectivity index (χ0v) is 11.5. The van der Waals surface area contributed by atoms with Crippen LogP contribution in [0.1, 0.15) is 25.3 Å². The van der Waals surface area contributed by atoms with Gasteiger partial charge in [0.25, 0.3) is 0 Å². The average Bonchev–Trinajstić information content (AvgIpc) is 2.83. The first kappa shape index (κ1) is 15.2. The fourth-order valence-corrected chi connectivity index (χ4v) is 2.43. The lowest BCUT2D eigenvalue weighted by Gasteiger charge is -2.31. The van der Waals surface area contributed by atoms with Crippen LogP contribution in [0.2, 0.25) is 0 Å². The van der Waals surface area contributed by atoms with E-state index in [1.54, 1.807) is 0 Å². The first-order chi connectivity index (χ1) is 9.84. The van der Waals surface area contributed by atoms with Crippen LogP contribution in [0.15, 0.2) is 18.2 Å². The predicted octanol–water partition coefficient (Wildman–Crippen LogP) is 2.11. The van der Waals surface area contributed by atoms with E-state index in [9.17, 15) is 23.5 Å². The first-order valence-electron chi connectivity index (χ1n) is 6.57. The van der Waals surface area contributed by atoms with Crippen LogP contribution in [-0.2, 0) is 11.3 Å². The molecular weight excluding hydrogens is 282 g/mol. The standard InChI is InChI=1S/C14H16F2N2O3/c1-14(12(19)20)5-2-6-18(14)13(21)17-8-9-3-4-10(15)11(16)7-9/h3-4,7H,2,5-6,8H2,1H3,(H,17,21)(H,19,20). The van der Waals surface area contributed by atoms with Crippen molar-refractivity contribution in [2.24, 2.45) is 0 Å². The molecule has 0 aromatic heterocycles. The fourth-order valence-electron chi connectivity index (χ4n) is 2.43. The topological polar surface area (TPSA) is 69.6 Å². The molecule has 1 fully saturated rings. The number of carboxylic acids is 1. The van der Waals surface area contributed by atoms with Gasteiger partial charge in [0, 0.05) is 13.1 Å². The van der Waals surface area contributed by atoms with Gasteiger partial charge in [-0.05, 0) is 37.5 Å². The normalized spacial score (nSPS) is 21.4. The maximum atomic E-state index is 13.1. The second kappa shape index (κ2) is 5.67. The number of hydrogen-bond donors (Lipinski definition) is 2. The Morgan fingerprint density at radius 3 is 2.71 bits per heavy atom. The number of rotatable bonds is 3. The predicted molar refractivity (Wildman–Crippen MR) is 70.6 cm³/mol. The Hall–Kier alpha value is -2.18. The number of likely N-dealkylation sites (tertiary alicyclic amines) is 1. The second-order valence-corrected chi connectivity index (χ2v) is 5.24. The summed E-state index contributed by atoms with van der Waals surface area (Å²) in [6.45, 7) is 1.86. The van der Waals surface area contributed by atoms with Crippen LogP contribution in [0.25, 0.3) is 0 Å². The summed E-state index contributed by atoms with van der Waals surface area (Å²) >= 11 is 0. The van der Waals surface area contributed by atoms with E-state index in [-0.39, 0.29) is 6.54 Å². The molecule has 2 rings (SSSR count). The zero-order valence-electron chi connectivity index (χ0n) is 11.5. The highest BCUT2D eigenvalue weighted by molar-refractivity contribution is 5.86. The third-order valence-corrected chi connectivity index (χ3v) is 3.77. The molecule has 1 saturated heterocycles. The number of nitrogens with one attached hydrogen (secondary N) is 1. The van der Waals surface area contributed by atoms with Crippen LogP contribution in [-0.4, -0.2) is 34.1 Å². The van der Waals surface area contributed by atoms with Gasteiger partial charge in [-0.2, -0.15) is 0 Å². The Labute approximate surface area is 120 Å². The SMILES string of the molecule is CC1(C(=O)O)CCCN1C(=O)NCc1ccc(F)c(F)c1. The van der Waals surface area contributed by atoms with E-state index in [2.05, 4.69) is 5.32 Å². The van der Waals surface area contributed by atoms with Crippen LogP contribution >= 0.6 is 0 Å². The fraction of sp³-hybridized carbons (Fsp3) is 0.429. The third-order valence-electron chi connectivity index (χ3n) is 3.77. The van der Waals surface area contributed by atoms with Gasteiger partial charge < -0.3 is 15.3 Å². The lowest BCUT2D eigenvalue weighted by atomic mass is 10.00. The summed E-state index contributed by atoms with van der Waals surface area (Å²) in [6, 6.07) is 2.81. The van der Waals surface area contributed by atoms with Crippen molar-refractivity contribution in [3.05, 3.63) is 35.4 Å². The molecule has 0 aliphatic carbocycles. The summed E-state index contributed by atoms with van der Waals surface area (Å²) in [5.74, 6) is -3.00. The minimum atomic E-state index is -1.22. The number of benzene rings is 1. The number of urea groups is 1. The number of nitrogens with zero attached hydrogens (tertiary/aromatic N) is 1. The quantitative estimate of drug-likeness (QED) is 0.898. The highest BCUT2D eigenvalue weighted by atomic mass is 19.2. The molecule has 0 spiro atoms. The minimum absolute atomic E-state index is 0.00221. The summed E-state index contributed by atoms with van der Waals surface area (Å²) in [7, 11) is 0. The van der Waals surface area contributed by atoms with E-state index >= 15 is 0 Å². The number of aliphatic carboxylic acids is 1. The van der Waals surface area contributed by atoms with Gasteiger partial charge in [-0.1, -0.05) is 6.07 Å². The van der Waals surface area contributed by atoms with Gasteiger partial charge in [0.05, 0.1) is 0 Å². The van der Waals surface area contributed by atoms with Crippen LogP contribution in [0, 0.1) is 11.6 Å². The van der Waals surface area contributed by atoms with E-state index in [0.29, 0.717) is 24.9 Å². The van der Waals surface area contributed by atoms with Gasteiger partial charge >= 0.3 is 12.0 Å². The molecule has 0 bridgehead atoms. The Kier molecular flexibility index (Phi) is 4.11. The van der Waals surface area contributed by atoms with Crippen molar-refractivity contribution >= 4 is 12.0 Å². The molecule has 114 valence electrons. The number of halogens is 2. The maximum absolute atomic E-state index is 13.1. The molecule has 1 aliphatic heterocycles. The number of carboxylic acid groups (broad SMARTS) is 1. The molecule has 0 saturated carbocycles. The largest absolute Gasteiger partial charge is 0.480 e. The van der Waals surface area contributed by atoms with E-state index in [0.717, 1.165) is 12.1 Å². The molecule has 1 aromatic carbocycles. The first-order valence-corrected chi connectivity index (χ1v) is 6.57. The van der Waals surface area contributed by atoms with Crippen molar-refractivity contribution in [2.45, 2.75) is 31.8 Å². The highest BCUT2D eigenvalue weighted by Gasteiger charge is 2.45. The summed E-state index contributed by atoms with van der Waals surface area (Å²) in [4.78, 5) is 24.6. The molecular formula is C14H16F2N2O3. The molecule has 7 heteroatoms. The number of amides is 2. The minimum Gasteiger partial charge on any atom is -0.480 e. The zero-order chi connectivity index (χ0) is 15.6. The van der Waals surface area contributed by atoms with Crippen molar-refractivity contribution in [1.82, 2.24) is 10.2 Å². The number of carbonyl (C=O) groups is 2. The van der Waals surface area contributed by atoms with E-state index in [1.165, 1.54) is 17.9 Å². The van der Waals surface area contributed by atoms with Crippen LogP contribution in [0.3, 0.4) is 0 Å². The molecule has 1 unspecified atom stereocenters. The van der Waals surface area contributed by atoms with Gasteiger partial charge in [-0.3, -0.25) is 0 Å². The van der Waals surface area contributed by atoms with Gasteiger partial charge in [0.15, 0.2) is 11.6 Å². The van der Waals surface area contributed by atoms with E-state index in [1.807, 2.05) is 0 Å². The Bertz CT molecular complexity index is 579. The van der Waals surface area contributed by atoms with Crippen LogP contribution in [0.4, 0.5) is 13.6 Å². The third kappa shape index (κ3) is 2.96. The van der Waals surface area contributed by atoms with E-state index < -0.39 is 29.2 Å². The summed E-state index contributed by atoms with van der Waals surface area (Å²) in [5.41, 5.74) is -0.823.